The first-order valence-corrected chi connectivity index (χ1v) is 8.76. The molecule has 1 aliphatic rings. The lowest BCUT2D eigenvalue weighted by Gasteiger charge is -2.24. The molecule has 2 atom stereocenters. The van der Waals surface area contributed by atoms with Crippen LogP contribution in [0.5, 0.6) is 0 Å². The van der Waals surface area contributed by atoms with Crippen molar-refractivity contribution in [2.75, 3.05) is 12.8 Å². The molecule has 1 N–H and O–H groups in total. The van der Waals surface area contributed by atoms with Gasteiger partial charge in [0.2, 0.25) is 0 Å². The number of hydrogen-bond acceptors (Lipinski definition) is 2. The first-order valence-electron chi connectivity index (χ1n) is 7.02. The molecule has 0 fully saturated rings. The van der Waals surface area contributed by atoms with Gasteiger partial charge in [-0.3, -0.25) is 0 Å². The number of hydrogen-bond donors (Lipinski definition) is 1. The summed E-state index contributed by atoms with van der Waals surface area (Å²) in [6.07, 6.45) is 0.884. The van der Waals surface area contributed by atoms with Crippen LogP contribution in [0, 0.1) is 0 Å². The highest BCUT2D eigenvalue weighted by molar-refractivity contribution is 7.99. The Labute approximate surface area is 140 Å². The molecule has 4 heteroatoms. The highest BCUT2D eigenvalue weighted by atomic mass is 35.5. The number of benzene rings is 2. The van der Waals surface area contributed by atoms with E-state index >= 15 is 0 Å². The van der Waals surface area contributed by atoms with Crippen molar-refractivity contribution in [1.29, 1.82) is 0 Å². The minimum Gasteiger partial charge on any atom is -0.316 e. The minimum absolute atomic E-state index is 0.358. The van der Waals surface area contributed by atoms with Crippen LogP contribution in [0.25, 0.3) is 0 Å². The summed E-state index contributed by atoms with van der Waals surface area (Å²) >= 11 is 14.4. The van der Waals surface area contributed by atoms with Gasteiger partial charge in [0.25, 0.3) is 0 Å². The molecule has 0 aromatic heterocycles. The molecular weight excluding hydrogens is 321 g/mol. The lowest BCUT2D eigenvalue weighted by atomic mass is 9.89. The predicted molar refractivity (Wildman–Crippen MR) is 92.9 cm³/mol. The molecule has 1 heterocycles. The summed E-state index contributed by atoms with van der Waals surface area (Å²) in [6, 6.07) is 14.7. The van der Waals surface area contributed by atoms with Gasteiger partial charge in [0, 0.05) is 32.7 Å². The summed E-state index contributed by atoms with van der Waals surface area (Å²) in [5.74, 6) is 1.62. The van der Waals surface area contributed by atoms with E-state index in [0.717, 1.165) is 27.8 Å². The molecule has 0 aliphatic carbocycles. The van der Waals surface area contributed by atoms with Gasteiger partial charge in [-0.15, -0.1) is 11.8 Å². The Kier molecular flexibility index (Phi) is 4.80. The molecule has 110 valence electrons. The second kappa shape index (κ2) is 6.62. The number of halogens is 2. The molecule has 2 aromatic carbocycles. The van der Waals surface area contributed by atoms with E-state index in [1.165, 1.54) is 10.5 Å². The van der Waals surface area contributed by atoms with Crippen LogP contribution >= 0.6 is 35.0 Å². The van der Waals surface area contributed by atoms with Crippen LogP contribution in [-0.2, 0) is 6.42 Å². The monoisotopic (exact) mass is 337 g/mol. The molecule has 21 heavy (non-hydrogen) atoms. The maximum absolute atomic E-state index is 6.31. The zero-order valence-electron chi connectivity index (χ0n) is 11.8. The van der Waals surface area contributed by atoms with E-state index in [4.69, 9.17) is 23.2 Å². The molecule has 1 nitrogen and oxygen atoms in total. The van der Waals surface area contributed by atoms with E-state index < -0.39 is 0 Å². The van der Waals surface area contributed by atoms with Gasteiger partial charge in [-0.25, -0.2) is 0 Å². The van der Waals surface area contributed by atoms with Gasteiger partial charge in [-0.2, -0.15) is 0 Å². The number of thioether (sulfide) groups is 1. The molecule has 3 rings (SSSR count). The summed E-state index contributed by atoms with van der Waals surface area (Å²) in [7, 11) is 2.02. The zero-order valence-corrected chi connectivity index (χ0v) is 14.1. The Balaban J connectivity index is 1.85. The van der Waals surface area contributed by atoms with Gasteiger partial charge < -0.3 is 5.32 Å². The molecule has 0 saturated carbocycles. The Morgan fingerprint density at radius 2 is 2.05 bits per heavy atom. The van der Waals surface area contributed by atoms with Crippen molar-refractivity contribution in [3.05, 3.63) is 63.6 Å². The van der Waals surface area contributed by atoms with Crippen molar-refractivity contribution in [1.82, 2.24) is 5.32 Å². The zero-order chi connectivity index (χ0) is 14.8. The van der Waals surface area contributed by atoms with Crippen molar-refractivity contribution in [3.63, 3.8) is 0 Å². The summed E-state index contributed by atoms with van der Waals surface area (Å²) in [4.78, 5) is 1.40. The van der Waals surface area contributed by atoms with Crippen LogP contribution in [-0.4, -0.2) is 18.8 Å². The van der Waals surface area contributed by atoms with Crippen molar-refractivity contribution < 1.29 is 0 Å². The fourth-order valence-corrected chi connectivity index (χ4v) is 4.62. The van der Waals surface area contributed by atoms with Gasteiger partial charge in [-0.05, 0) is 48.9 Å². The van der Waals surface area contributed by atoms with Crippen LogP contribution in [0.15, 0.2) is 47.4 Å². The molecular formula is C17H17Cl2NS. The molecule has 0 spiro atoms. The molecule has 0 radical (unpaired) electrons. The van der Waals surface area contributed by atoms with E-state index in [2.05, 4.69) is 29.6 Å². The normalized spacial score (nSPS) is 18.5. The average Bonchev–Trinajstić information content (AvgIpc) is 2.92. The summed E-state index contributed by atoms with van der Waals surface area (Å²) in [5.41, 5.74) is 2.55. The quantitative estimate of drug-likeness (QED) is 0.841. The summed E-state index contributed by atoms with van der Waals surface area (Å²) in [5, 5.41) is 5.00. The first kappa shape index (κ1) is 15.2. The van der Waals surface area contributed by atoms with Crippen LogP contribution in [0.4, 0.5) is 0 Å². The van der Waals surface area contributed by atoms with E-state index in [0.29, 0.717) is 12.0 Å². The molecule has 0 saturated heterocycles. The van der Waals surface area contributed by atoms with E-state index in [1.54, 1.807) is 0 Å². The maximum atomic E-state index is 6.31. The number of nitrogens with one attached hydrogen (secondary N) is 1. The summed E-state index contributed by atoms with van der Waals surface area (Å²) in [6.45, 7) is 0. The SMILES string of the molecule is CNC(Cc1cc(Cl)ccc1Cl)C1CSc2ccccc21. The fourth-order valence-electron chi connectivity index (χ4n) is 2.90. The highest BCUT2D eigenvalue weighted by Crippen LogP contribution is 2.41. The molecule has 0 bridgehead atoms. The van der Waals surface area contributed by atoms with E-state index in [-0.39, 0.29) is 0 Å². The number of likely N-dealkylation sites (N-methyl/N-ethyl adjacent to an activating group) is 1. The van der Waals surface area contributed by atoms with Gasteiger partial charge in [-0.1, -0.05) is 41.4 Å². The Morgan fingerprint density at radius 1 is 1.24 bits per heavy atom. The Bertz CT molecular complexity index is 644. The van der Waals surface area contributed by atoms with E-state index in [1.807, 2.05) is 37.0 Å². The minimum atomic E-state index is 0.358. The fraction of sp³-hybridized carbons (Fsp3) is 0.294. The number of rotatable bonds is 4. The van der Waals surface area contributed by atoms with Crippen molar-refractivity contribution in [2.24, 2.45) is 0 Å². The largest absolute Gasteiger partial charge is 0.316 e. The maximum Gasteiger partial charge on any atom is 0.0439 e. The van der Waals surface area contributed by atoms with Crippen LogP contribution < -0.4 is 5.32 Å². The lowest BCUT2D eigenvalue weighted by Crippen LogP contribution is -2.34. The molecule has 2 aromatic rings. The predicted octanol–water partition coefficient (Wildman–Crippen LogP) is 5.01. The standard InChI is InChI=1S/C17H17Cl2NS/c1-20-16(9-11-8-12(18)6-7-15(11)19)14-10-21-17-5-3-2-4-13(14)17/h2-8,14,16,20H,9-10H2,1H3. The Morgan fingerprint density at radius 3 is 2.86 bits per heavy atom. The second-order valence-electron chi connectivity index (χ2n) is 5.29. The van der Waals surface area contributed by atoms with E-state index in [9.17, 15) is 0 Å². The molecule has 0 amide bonds. The van der Waals surface area contributed by atoms with Crippen LogP contribution in [0.2, 0.25) is 10.0 Å². The third kappa shape index (κ3) is 3.24. The third-order valence-corrected chi connectivity index (χ3v) is 5.85. The highest BCUT2D eigenvalue weighted by Gasteiger charge is 2.29. The van der Waals surface area contributed by atoms with Gasteiger partial charge in [0.05, 0.1) is 0 Å². The van der Waals surface area contributed by atoms with Gasteiger partial charge >= 0.3 is 0 Å². The smallest absolute Gasteiger partial charge is 0.0439 e. The lowest BCUT2D eigenvalue weighted by molar-refractivity contribution is 0.489. The molecule has 1 aliphatic heterocycles. The average molecular weight is 338 g/mol. The molecule has 2 unspecified atom stereocenters. The number of fused-ring (bicyclic) bond motifs is 1. The van der Waals surface area contributed by atoms with Crippen molar-refractivity contribution in [2.45, 2.75) is 23.3 Å². The Hall–Kier alpha value is -0.670. The third-order valence-electron chi connectivity index (χ3n) is 4.04. The second-order valence-corrected chi connectivity index (χ2v) is 7.20. The first-order chi connectivity index (χ1) is 10.2. The topological polar surface area (TPSA) is 12.0 Å². The summed E-state index contributed by atoms with van der Waals surface area (Å²) < 4.78 is 0. The van der Waals surface area contributed by atoms with Gasteiger partial charge in [0.15, 0.2) is 0 Å². The van der Waals surface area contributed by atoms with Crippen molar-refractivity contribution in [3.8, 4) is 0 Å². The van der Waals surface area contributed by atoms with Crippen molar-refractivity contribution >= 4 is 35.0 Å². The van der Waals surface area contributed by atoms with Gasteiger partial charge in [0.1, 0.15) is 0 Å². The van der Waals surface area contributed by atoms with Crippen LogP contribution in [0.1, 0.15) is 17.0 Å². The van der Waals surface area contributed by atoms with Crippen LogP contribution in [0.3, 0.4) is 0 Å².